The Kier molecular flexibility index (Phi) is 9.53. The van der Waals surface area contributed by atoms with Gasteiger partial charge in [0, 0.05) is 18.9 Å². The molecule has 5 atom stereocenters. The largest absolute Gasteiger partial charge is 0.479 e. The number of hydrogen-bond acceptors (Lipinski definition) is 9. The molecule has 2 unspecified atom stereocenters. The number of halogens is 1. The van der Waals surface area contributed by atoms with Gasteiger partial charge in [0.15, 0.2) is 0 Å². The van der Waals surface area contributed by atoms with E-state index in [2.05, 4.69) is 22.2 Å². The number of nitrogens with zero attached hydrogens (tertiary/aromatic N) is 4. The average molecular weight is 655 g/mol. The summed E-state index contributed by atoms with van der Waals surface area (Å²) in [6.07, 6.45) is 0.748. The summed E-state index contributed by atoms with van der Waals surface area (Å²) >= 11 is 1.43. The van der Waals surface area contributed by atoms with E-state index in [9.17, 15) is 33.9 Å². The number of fused-ring (bicyclic) bond motifs is 1. The average Bonchev–Trinajstić information content (AvgIpc) is 3.33. The van der Waals surface area contributed by atoms with Gasteiger partial charge >= 0.3 is 12.0 Å². The molecule has 3 aromatic rings. The first-order valence-electron chi connectivity index (χ1n) is 14.8. The minimum Gasteiger partial charge on any atom is -0.479 e. The number of aromatic nitrogens is 2. The molecular formula is C31H35FN6O7S. The van der Waals surface area contributed by atoms with Gasteiger partial charge in [0.05, 0.1) is 22.5 Å². The van der Waals surface area contributed by atoms with Gasteiger partial charge in [-0.1, -0.05) is 38.1 Å². The van der Waals surface area contributed by atoms with E-state index in [0.717, 1.165) is 4.88 Å². The fourth-order valence-corrected chi connectivity index (χ4v) is 6.40. The molecule has 0 spiro atoms. The molecule has 1 aromatic carbocycles. The van der Waals surface area contributed by atoms with Crippen molar-refractivity contribution in [3.63, 3.8) is 0 Å². The molecular weight excluding hydrogens is 619 g/mol. The van der Waals surface area contributed by atoms with Crippen LogP contribution in [0.4, 0.5) is 9.18 Å². The Balaban J connectivity index is 1.47. The zero-order valence-corrected chi connectivity index (χ0v) is 26.1. The first-order valence-corrected chi connectivity index (χ1v) is 15.7. The van der Waals surface area contributed by atoms with E-state index in [0.29, 0.717) is 16.7 Å². The number of benzene rings is 1. The fraction of sp³-hybridized carbons (Fsp3) is 0.419. The van der Waals surface area contributed by atoms with Crippen LogP contribution in [0.25, 0.3) is 21.6 Å². The molecule has 1 aliphatic carbocycles. The Morgan fingerprint density at radius 1 is 1.22 bits per heavy atom. The molecule has 0 bridgehead atoms. The lowest BCUT2D eigenvalue weighted by atomic mass is 10.0. The zero-order chi connectivity index (χ0) is 33.2. The van der Waals surface area contributed by atoms with Gasteiger partial charge in [-0.25, -0.2) is 23.9 Å². The summed E-state index contributed by atoms with van der Waals surface area (Å²) in [4.78, 5) is 63.9. The molecule has 15 heteroatoms. The first kappa shape index (κ1) is 32.8. The van der Waals surface area contributed by atoms with Crippen LogP contribution in [0.15, 0.2) is 54.4 Å². The van der Waals surface area contributed by atoms with Crippen LogP contribution in [0.2, 0.25) is 0 Å². The SMILES string of the molecule is C=C[C@@H]1CC1(NC(=O)[C@@H]1C[C@@H](Oc2nc3ccccc3nc2-c2cccs2)CN1C(=O)C(C(C)C)N(O)C(=O)NCCF)C(=O)O. The number of nitrogens with one attached hydrogen (secondary N) is 2. The topological polar surface area (TPSA) is 174 Å². The van der Waals surface area contributed by atoms with Gasteiger partial charge in [-0.15, -0.1) is 17.9 Å². The molecule has 4 N–H and O–H groups in total. The van der Waals surface area contributed by atoms with Gasteiger partial charge in [-0.2, -0.15) is 5.06 Å². The number of rotatable bonds is 12. The van der Waals surface area contributed by atoms with E-state index in [1.165, 1.54) is 22.3 Å². The lowest BCUT2D eigenvalue weighted by Crippen LogP contribution is -2.58. The normalized spacial score (nSPS) is 22.7. The standard InChI is InChI=1S/C31H35FN6O7S/c1-4-18-15-31(18,29(41)42)36-26(39)22-14-19(16-37(22)28(40)25(17(2)3)38(44)30(43)33-12-11-32)45-27-24(23-10-7-13-46-23)34-20-8-5-6-9-21(20)35-27/h4-10,13,17-19,22,25,44H,1,11-12,14-16H2,2-3H3,(H,33,43)(H,36,39)(H,41,42)/t18-,19-,22+,25?,31?/m1/s1. The summed E-state index contributed by atoms with van der Waals surface area (Å²) in [5.74, 6) is -3.68. The fourth-order valence-electron chi connectivity index (χ4n) is 5.69. The molecule has 2 aliphatic rings. The molecule has 46 heavy (non-hydrogen) atoms. The number of ether oxygens (including phenoxy) is 1. The maximum Gasteiger partial charge on any atom is 0.341 e. The van der Waals surface area contributed by atoms with Crippen molar-refractivity contribution in [1.82, 2.24) is 30.6 Å². The van der Waals surface area contributed by atoms with E-state index in [1.807, 2.05) is 35.7 Å². The quantitative estimate of drug-likeness (QED) is 0.130. The van der Waals surface area contributed by atoms with E-state index >= 15 is 0 Å². The number of carboxylic acids is 1. The number of hydrogen-bond donors (Lipinski definition) is 4. The smallest absolute Gasteiger partial charge is 0.341 e. The van der Waals surface area contributed by atoms with Crippen molar-refractivity contribution in [2.75, 3.05) is 19.8 Å². The number of carboxylic acid groups (broad SMARTS) is 1. The summed E-state index contributed by atoms with van der Waals surface area (Å²) in [7, 11) is 0. The molecule has 244 valence electrons. The number of para-hydroxylation sites is 2. The minimum absolute atomic E-state index is 0.0469. The lowest BCUT2D eigenvalue weighted by Gasteiger charge is -2.33. The van der Waals surface area contributed by atoms with Crippen LogP contribution in [0, 0.1) is 11.8 Å². The molecule has 2 fully saturated rings. The van der Waals surface area contributed by atoms with Crippen molar-refractivity contribution < 1.29 is 38.6 Å². The van der Waals surface area contributed by atoms with Crippen LogP contribution in [0.1, 0.15) is 26.7 Å². The highest BCUT2D eigenvalue weighted by molar-refractivity contribution is 7.13. The van der Waals surface area contributed by atoms with Gasteiger partial charge in [0.1, 0.15) is 36.1 Å². The maximum absolute atomic E-state index is 14.1. The summed E-state index contributed by atoms with van der Waals surface area (Å²) in [6, 6.07) is 7.23. The van der Waals surface area contributed by atoms with Crippen molar-refractivity contribution in [3.05, 3.63) is 54.4 Å². The van der Waals surface area contributed by atoms with Crippen LogP contribution in [0.3, 0.4) is 0 Å². The number of urea groups is 1. The maximum atomic E-state index is 14.1. The summed E-state index contributed by atoms with van der Waals surface area (Å²) in [5, 5.41) is 27.5. The molecule has 5 rings (SSSR count). The summed E-state index contributed by atoms with van der Waals surface area (Å²) < 4.78 is 19.1. The van der Waals surface area contributed by atoms with Gasteiger partial charge in [0.2, 0.25) is 17.7 Å². The first-order chi connectivity index (χ1) is 22.0. The van der Waals surface area contributed by atoms with Crippen LogP contribution in [-0.4, -0.2) is 97.6 Å². The third-order valence-electron chi connectivity index (χ3n) is 8.17. The molecule has 13 nitrogen and oxygen atoms in total. The highest BCUT2D eigenvalue weighted by atomic mass is 32.1. The second-order valence-electron chi connectivity index (χ2n) is 11.6. The molecule has 2 aromatic heterocycles. The molecule has 0 radical (unpaired) electrons. The highest BCUT2D eigenvalue weighted by Gasteiger charge is 2.61. The molecule has 1 saturated carbocycles. The lowest BCUT2D eigenvalue weighted by molar-refractivity contribution is -0.158. The number of hydroxylamine groups is 2. The Morgan fingerprint density at radius 2 is 1.93 bits per heavy atom. The van der Waals surface area contributed by atoms with E-state index in [-0.39, 0.29) is 36.9 Å². The number of amides is 4. The van der Waals surface area contributed by atoms with Crippen molar-refractivity contribution in [3.8, 4) is 16.5 Å². The number of thiophene rings is 1. The number of alkyl halides is 1. The van der Waals surface area contributed by atoms with Gasteiger partial charge < -0.3 is 25.4 Å². The summed E-state index contributed by atoms with van der Waals surface area (Å²) in [6.45, 7) is 5.45. The van der Waals surface area contributed by atoms with Crippen LogP contribution >= 0.6 is 11.3 Å². The minimum atomic E-state index is -1.56. The van der Waals surface area contributed by atoms with Crippen molar-refractivity contribution in [2.45, 2.75) is 50.4 Å². The van der Waals surface area contributed by atoms with Crippen molar-refractivity contribution >= 4 is 46.2 Å². The van der Waals surface area contributed by atoms with Gasteiger partial charge in [0.25, 0.3) is 0 Å². The Hall–Kier alpha value is -4.63. The van der Waals surface area contributed by atoms with Crippen LogP contribution < -0.4 is 15.4 Å². The highest BCUT2D eigenvalue weighted by Crippen LogP contribution is 2.45. The van der Waals surface area contributed by atoms with Gasteiger partial charge in [-0.3, -0.25) is 14.8 Å². The predicted octanol–water partition coefficient (Wildman–Crippen LogP) is 3.25. The molecule has 4 amide bonds. The monoisotopic (exact) mass is 654 g/mol. The van der Waals surface area contributed by atoms with E-state index < -0.39 is 66.1 Å². The van der Waals surface area contributed by atoms with Crippen LogP contribution in [-0.2, 0) is 14.4 Å². The molecule has 1 saturated heterocycles. The number of likely N-dealkylation sites (tertiary alicyclic amines) is 1. The Morgan fingerprint density at radius 3 is 2.52 bits per heavy atom. The molecule has 1 aliphatic heterocycles. The summed E-state index contributed by atoms with van der Waals surface area (Å²) in [5.41, 5.74) is 0.130. The van der Waals surface area contributed by atoms with Crippen molar-refractivity contribution in [2.24, 2.45) is 11.8 Å². The number of carbonyl (C=O) groups excluding carboxylic acids is 3. The molecule has 3 heterocycles. The Labute approximate surface area is 268 Å². The third kappa shape index (κ3) is 6.37. The Bertz CT molecular complexity index is 1640. The van der Waals surface area contributed by atoms with Crippen LogP contribution in [0.5, 0.6) is 5.88 Å². The predicted molar refractivity (Wildman–Crippen MR) is 166 cm³/mol. The zero-order valence-electron chi connectivity index (χ0n) is 25.3. The third-order valence-corrected chi connectivity index (χ3v) is 9.05. The number of carbonyl (C=O) groups is 4. The second-order valence-corrected chi connectivity index (χ2v) is 12.5. The van der Waals surface area contributed by atoms with E-state index in [4.69, 9.17) is 9.72 Å². The van der Waals surface area contributed by atoms with E-state index in [1.54, 1.807) is 19.9 Å². The van der Waals surface area contributed by atoms with Crippen molar-refractivity contribution in [1.29, 1.82) is 0 Å². The number of aliphatic carboxylic acids is 1. The van der Waals surface area contributed by atoms with Gasteiger partial charge in [-0.05, 0) is 35.9 Å². The second kappa shape index (κ2) is 13.4.